The van der Waals surface area contributed by atoms with Gasteiger partial charge in [-0.3, -0.25) is 4.79 Å². The number of halogens is 1. The number of aromatic nitrogens is 2. The average molecular weight is 281 g/mol. The normalized spacial score (nSPS) is 10.2. The fourth-order valence-corrected chi connectivity index (χ4v) is 2.00. The summed E-state index contributed by atoms with van der Waals surface area (Å²) in [6, 6.07) is 2.76. The summed E-state index contributed by atoms with van der Waals surface area (Å²) in [4.78, 5) is 29.4. The lowest BCUT2D eigenvalue weighted by Gasteiger charge is -2.03. The Morgan fingerprint density at radius 2 is 2.26 bits per heavy atom. The number of amides is 1. The molecular formula is C11H8FN3O3S. The van der Waals surface area contributed by atoms with Gasteiger partial charge in [0, 0.05) is 11.6 Å². The zero-order valence-corrected chi connectivity index (χ0v) is 10.3. The van der Waals surface area contributed by atoms with E-state index in [9.17, 15) is 14.0 Å². The lowest BCUT2D eigenvalue weighted by atomic mass is 10.2. The Labute approximate surface area is 110 Å². The van der Waals surface area contributed by atoms with Crippen LogP contribution in [0.25, 0.3) is 0 Å². The summed E-state index contributed by atoms with van der Waals surface area (Å²) in [5, 5.41) is 12.9. The molecule has 2 N–H and O–H groups in total. The van der Waals surface area contributed by atoms with Crippen LogP contribution >= 0.6 is 11.3 Å². The zero-order chi connectivity index (χ0) is 13.8. The van der Waals surface area contributed by atoms with Gasteiger partial charge in [0.25, 0.3) is 5.91 Å². The number of nitrogens with zero attached hydrogens (tertiary/aromatic N) is 2. The first kappa shape index (κ1) is 13.1. The van der Waals surface area contributed by atoms with Crippen LogP contribution in [0.5, 0.6) is 0 Å². The molecule has 0 saturated carbocycles. The van der Waals surface area contributed by atoms with Crippen LogP contribution in [0.15, 0.2) is 23.7 Å². The molecule has 2 aromatic rings. The van der Waals surface area contributed by atoms with Gasteiger partial charge < -0.3 is 10.4 Å². The quantitative estimate of drug-likeness (QED) is 0.824. The summed E-state index contributed by atoms with van der Waals surface area (Å²) >= 11 is 1.10. The summed E-state index contributed by atoms with van der Waals surface area (Å²) in [6.45, 7) is 0.0329. The number of carboxylic acid groups (broad SMARTS) is 1. The van der Waals surface area contributed by atoms with Gasteiger partial charge in [0.1, 0.15) is 5.01 Å². The van der Waals surface area contributed by atoms with Crippen molar-refractivity contribution in [1.82, 2.24) is 15.3 Å². The molecule has 1 amide bonds. The fraction of sp³-hybridized carbons (Fsp3) is 0.0909. The van der Waals surface area contributed by atoms with Gasteiger partial charge >= 0.3 is 5.97 Å². The molecule has 2 heterocycles. The third-order valence-electron chi connectivity index (χ3n) is 2.17. The van der Waals surface area contributed by atoms with Crippen molar-refractivity contribution < 1.29 is 19.1 Å². The molecule has 0 atom stereocenters. The first-order valence-corrected chi connectivity index (χ1v) is 6.02. The maximum Gasteiger partial charge on any atom is 0.355 e. The molecule has 0 aliphatic rings. The molecule has 98 valence electrons. The molecule has 0 spiro atoms. The minimum absolute atomic E-state index is 0.0329. The third kappa shape index (κ3) is 3.10. The van der Waals surface area contributed by atoms with Gasteiger partial charge in [-0.2, -0.15) is 4.39 Å². The van der Waals surface area contributed by atoms with Crippen molar-refractivity contribution in [2.75, 3.05) is 0 Å². The number of carboxylic acids is 1. The molecule has 0 bridgehead atoms. The lowest BCUT2D eigenvalue weighted by molar-refractivity contribution is 0.0691. The molecular weight excluding hydrogens is 273 g/mol. The number of thiazole rings is 1. The number of aromatic carboxylic acids is 1. The molecule has 0 saturated heterocycles. The fourth-order valence-electron chi connectivity index (χ4n) is 1.30. The summed E-state index contributed by atoms with van der Waals surface area (Å²) in [5.41, 5.74) is -0.251. The number of carbonyl (C=O) groups excluding carboxylic acids is 1. The maximum absolute atomic E-state index is 13.2. The van der Waals surface area contributed by atoms with Crippen LogP contribution in [-0.2, 0) is 6.54 Å². The molecule has 0 fully saturated rings. The minimum Gasteiger partial charge on any atom is -0.476 e. The van der Waals surface area contributed by atoms with E-state index in [4.69, 9.17) is 5.11 Å². The number of hydrogen-bond donors (Lipinski definition) is 2. The SMILES string of the molecule is O=C(O)c1csc(CNC(=O)c2cccnc2F)n1. The van der Waals surface area contributed by atoms with Crippen molar-refractivity contribution in [1.29, 1.82) is 0 Å². The van der Waals surface area contributed by atoms with Crippen molar-refractivity contribution in [3.8, 4) is 0 Å². The Balaban J connectivity index is 2.00. The van der Waals surface area contributed by atoms with Crippen LogP contribution in [0.4, 0.5) is 4.39 Å². The Morgan fingerprint density at radius 1 is 1.47 bits per heavy atom. The topological polar surface area (TPSA) is 92.2 Å². The summed E-state index contributed by atoms with van der Waals surface area (Å²) in [5.74, 6) is -2.62. The molecule has 0 aliphatic carbocycles. The largest absolute Gasteiger partial charge is 0.476 e. The number of nitrogens with one attached hydrogen (secondary N) is 1. The van der Waals surface area contributed by atoms with Crippen molar-refractivity contribution in [3.05, 3.63) is 45.9 Å². The third-order valence-corrected chi connectivity index (χ3v) is 3.02. The second-order valence-corrected chi connectivity index (χ2v) is 4.40. The molecule has 0 unspecified atom stereocenters. The van der Waals surface area contributed by atoms with E-state index in [1.807, 2.05) is 0 Å². The van der Waals surface area contributed by atoms with Gasteiger partial charge in [0.05, 0.1) is 12.1 Å². The van der Waals surface area contributed by atoms with Gasteiger partial charge in [-0.25, -0.2) is 14.8 Å². The first-order chi connectivity index (χ1) is 9.08. The van der Waals surface area contributed by atoms with Gasteiger partial charge in [0.2, 0.25) is 5.95 Å². The van der Waals surface area contributed by atoms with Crippen molar-refractivity contribution >= 4 is 23.2 Å². The second-order valence-electron chi connectivity index (χ2n) is 3.46. The number of hydrogen-bond acceptors (Lipinski definition) is 5. The molecule has 0 aromatic carbocycles. The van der Waals surface area contributed by atoms with Gasteiger partial charge in [0.15, 0.2) is 5.69 Å². The summed E-state index contributed by atoms with van der Waals surface area (Å²) < 4.78 is 13.2. The van der Waals surface area contributed by atoms with Gasteiger partial charge in [-0.15, -0.1) is 11.3 Å². The Kier molecular flexibility index (Phi) is 3.81. The van der Waals surface area contributed by atoms with Crippen LogP contribution in [-0.4, -0.2) is 27.0 Å². The van der Waals surface area contributed by atoms with E-state index < -0.39 is 17.8 Å². The van der Waals surface area contributed by atoms with E-state index >= 15 is 0 Å². The number of pyridine rings is 1. The van der Waals surface area contributed by atoms with Crippen LogP contribution in [0.1, 0.15) is 25.9 Å². The highest BCUT2D eigenvalue weighted by Crippen LogP contribution is 2.10. The number of rotatable bonds is 4. The predicted octanol–water partition coefficient (Wildman–Crippen LogP) is 1.31. The van der Waals surface area contributed by atoms with Crippen molar-refractivity contribution in [2.45, 2.75) is 6.54 Å². The van der Waals surface area contributed by atoms with E-state index in [1.165, 1.54) is 23.7 Å². The maximum atomic E-state index is 13.2. The van der Waals surface area contributed by atoms with E-state index in [0.717, 1.165) is 11.3 Å². The standard InChI is InChI=1S/C11H8FN3O3S/c12-9-6(2-1-3-13-9)10(16)14-4-8-15-7(5-19-8)11(17)18/h1-3,5H,4H2,(H,14,16)(H,17,18). The van der Waals surface area contributed by atoms with Crippen LogP contribution in [0, 0.1) is 5.95 Å². The molecule has 2 aromatic heterocycles. The molecule has 6 nitrogen and oxygen atoms in total. The molecule has 19 heavy (non-hydrogen) atoms. The van der Waals surface area contributed by atoms with Crippen LogP contribution in [0.3, 0.4) is 0 Å². The molecule has 0 aliphatic heterocycles. The van der Waals surface area contributed by atoms with Gasteiger partial charge in [-0.05, 0) is 12.1 Å². The Morgan fingerprint density at radius 3 is 2.89 bits per heavy atom. The predicted molar refractivity (Wildman–Crippen MR) is 64.4 cm³/mol. The number of carbonyl (C=O) groups is 2. The highest BCUT2D eigenvalue weighted by molar-refractivity contribution is 7.09. The van der Waals surface area contributed by atoms with Crippen molar-refractivity contribution in [3.63, 3.8) is 0 Å². The van der Waals surface area contributed by atoms with Crippen LogP contribution < -0.4 is 5.32 Å². The lowest BCUT2D eigenvalue weighted by Crippen LogP contribution is -2.24. The molecule has 2 rings (SSSR count). The summed E-state index contributed by atoms with van der Waals surface area (Å²) in [6.07, 6.45) is 1.24. The first-order valence-electron chi connectivity index (χ1n) is 5.14. The highest BCUT2D eigenvalue weighted by atomic mass is 32.1. The second kappa shape index (κ2) is 5.53. The highest BCUT2D eigenvalue weighted by Gasteiger charge is 2.13. The zero-order valence-electron chi connectivity index (χ0n) is 9.46. The van der Waals surface area contributed by atoms with E-state index in [-0.39, 0.29) is 17.8 Å². The Bertz CT molecular complexity index is 629. The molecule has 0 radical (unpaired) electrons. The smallest absolute Gasteiger partial charge is 0.355 e. The van der Waals surface area contributed by atoms with Crippen LogP contribution in [0.2, 0.25) is 0 Å². The van der Waals surface area contributed by atoms with E-state index in [1.54, 1.807) is 0 Å². The minimum atomic E-state index is -1.13. The van der Waals surface area contributed by atoms with Gasteiger partial charge in [-0.1, -0.05) is 0 Å². The van der Waals surface area contributed by atoms with E-state index in [0.29, 0.717) is 5.01 Å². The molecule has 8 heteroatoms. The monoisotopic (exact) mass is 281 g/mol. The van der Waals surface area contributed by atoms with Crippen molar-refractivity contribution in [2.24, 2.45) is 0 Å². The average Bonchev–Trinajstić information content (AvgIpc) is 2.85. The Hall–Kier alpha value is -2.35. The summed E-state index contributed by atoms with van der Waals surface area (Å²) in [7, 11) is 0. The van der Waals surface area contributed by atoms with E-state index in [2.05, 4.69) is 15.3 Å².